The van der Waals surface area contributed by atoms with Crippen LogP contribution in [0.15, 0.2) is 0 Å². The maximum Gasteiger partial charge on any atom is 0.278 e. The number of carbonyl (C=O) groups is 3. The van der Waals surface area contributed by atoms with Crippen molar-refractivity contribution in [3.63, 3.8) is 0 Å². The summed E-state index contributed by atoms with van der Waals surface area (Å²) in [6.45, 7) is 2.30. The topological polar surface area (TPSA) is 98.7 Å². The lowest BCUT2D eigenvalue weighted by Crippen LogP contribution is -2.52. The molecule has 3 N–H and O–H groups in total. The van der Waals surface area contributed by atoms with E-state index in [0.29, 0.717) is 25.8 Å². The van der Waals surface area contributed by atoms with E-state index >= 15 is 0 Å². The molecule has 8 heteroatoms. The van der Waals surface area contributed by atoms with Gasteiger partial charge >= 0.3 is 0 Å². The van der Waals surface area contributed by atoms with E-state index < -0.39 is 29.9 Å². The molecular weight excluding hydrogens is 353 g/mol. The predicted octanol–water partition coefficient (Wildman–Crippen LogP) is 2.08. The van der Waals surface area contributed by atoms with Gasteiger partial charge in [-0.05, 0) is 32.1 Å². The van der Waals surface area contributed by atoms with Crippen molar-refractivity contribution in [2.24, 2.45) is 5.92 Å². The van der Waals surface area contributed by atoms with Crippen molar-refractivity contribution in [2.75, 3.05) is 6.54 Å². The lowest BCUT2D eigenvalue weighted by atomic mass is 9.94. The summed E-state index contributed by atoms with van der Waals surface area (Å²) in [5, 5.41) is 11.8. The van der Waals surface area contributed by atoms with E-state index in [-0.39, 0.29) is 18.4 Å². The first-order chi connectivity index (χ1) is 13.0. The molecule has 1 aliphatic heterocycles. The molecule has 2 aliphatic rings. The summed E-state index contributed by atoms with van der Waals surface area (Å²) in [6.07, 6.45) is 5.92. The summed E-state index contributed by atoms with van der Waals surface area (Å²) in [4.78, 5) is 38.6. The van der Waals surface area contributed by atoms with Crippen molar-refractivity contribution >= 4 is 17.7 Å². The molecule has 0 aromatic rings. The highest BCUT2D eigenvalue weighted by molar-refractivity contribution is 5.92. The Hall–Kier alpha value is -1.70. The minimum absolute atomic E-state index is 0.147. The van der Waals surface area contributed by atoms with Crippen molar-refractivity contribution < 1.29 is 24.0 Å². The Morgan fingerprint density at radius 3 is 2.48 bits per heavy atom. The Morgan fingerprint density at radius 1 is 1.15 bits per heavy atom. The highest BCUT2D eigenvalue weighted by atomic mass is 19.1. The third-order valence-electron chi connectivity index (χ3n) is 5.69. The number of hydrogen-bond donors (Lipinski definition) is 3. The van der Waals surface area contributed by atoms with Crippen LogP contribution in [0.1, 0.15) is 71.1 Å². The van der Waals surface area contributed by atoms with Gasteiger partial charge in [0.15, 0.2) is 6.17 Å². The summed E-state index contributed by atoms with van der Waals surface area (Å²) in [5.74, 6) is -3.09. The third kappa shape index (κ3) is 5.64. The first-order valence-corrected chi connectivity index (χ1v) is 10.2. The van der Waals surface area contributed by atoms with Crippen LogP contribution < -0.4 is 10.8 Å². The summed E-state index contributed by atoms with van der Waals surface area (Å²) >= 11 is 0. The van der Waals surface area contributed by atoms with Gasteiger partial charge in [-0.2, -0.15) is 0 Å². The number of unbranched alkanes of at least 4 members (excludes halogenated alkanes) is 1. The van der Waals surface area contributed by atoms with Crippen molar-refractivity contribution in [3.8, 4) is 0 Å². The first-order valence-electron chi connectivity index (χ1n) is 10.2. The van der Waals surface area contributed by atoms with Crippen molar-refractivity contribution in [3.05, 3.63) is 0 Å². The Bertz CT molecular complexity index is 525. The van der Waals surface area contributed by atoms with Crippen LogP contribution >= 0.6 is 0 Å². The number of amides is 3. The van der Waals surface area contributed by atoms with Crippen LogP contribution in [-0.2, 0) is 14.4 Å². The minimum Gasteiger partial charge on any atom is -0.352 e. The molecule has 0 aromatic heterocycles. The standard InChI is InChI=1S/C19H32FN3O4/c1-2-3-10-14(16(20)18(25)22-27)19(26)23-12-7-11-15(23)17(24)21-13-8-5-4-6-9-13/h13-16,27H,2-12H2,1H3,(H,21,24)(H,22,25)/t14?,15-,16?/m0/s1. The van der Waals surface area contributed by atoms with Gasteiger partial charge in [0.1, 0.15) is 6.04 Å². The lowest BCUT2D eigenvalue weighted by Gasteiger charge is -2.31. The number of hydroxylamine groups is 1. The second-order valence-corrected chi connectivity index (χ2v) is 7.66. The molecule has 2 rings (SSSR count). The van der Waals surface area contributed by atoms with Crippen LogP contribution in [-0.4, -0.2) is 52.6 Å². The van der Waals surface area contributed by atoms with Gasteiger partial charge in [-0.3, -0.25) is 19.6 Å². The number of halogens is 1. The molecule has 2 fully saturated rings. The molecule has 1 heterocycles. The van der Waals surface area contributed by atoms with Crippen molar-refractivity contribution in [2.45, 2.75) is 89.4 Å². The number of alkyl halides is 1. The van der Waals surface area contributed by atoms with Gasteiger partial charge in [0.25, 0.3) is 5.91 Å². The molecular formula is C19H32FN3O4. The zero-order valence-electron chi connectivity index (χ0n) is 16.1. The highest BCUT2D eigenvalue weighted by Crippen LogP contribution is 2.26. The van der Waals surface area contributed by atoms with Crippen LogP contribution in [0.5, 0.6) is 0 Å². The van der Waals surface area contributed by atoms with Crippen LogP contribution in [0, 0.1) is 5.92 Å². The summed E-state index contributed by atoms with van der Waals surface area (Å²) in [6, 6.07) is -0.457. The van der Waals surface area contributed by atoms with Gasteiger partial charge in [0, 0.05) is 12.6 Å². The fourth-order valence-corrected chi connectivity index (χ4v) is 4.12. The fraction of sp³-hybridized carbons (Fsp3) is 0.842. The van der Waals surface area contributed by atoms with E-state index in [4.69, 9.17) is 5.21 Å². The Kier molecular flexibility index (Phi) is 8.47. The van der Waals surface area contributed by atoms with E-state index in [2.05, 4.69) is 5.32 Å². The molecule has 7 nitrogen and oxygen atoms in total. The minimum atomic E-state index is -2.13. The second-order valence-electron chi connectivity index (χ2n) is 7.66. The lowest BCUT2D eigenvalue weighted by molar-refractivity contribution is -0.149. The van der Waals surface area contributed by atoms with E-state index in [0.717, 1.165) is 32.1 Å². The summed E-state index contributed by atoms with van der Waals surface area (Å²) < 4.78 is 14.5. The van der Waals surface area contributed by atoms with E-state index in [1.165, 1.54) is 16.8 Å². The van der Waals surface area contributed by atoms with Gasteiger partial charge in [-0.25, -0.2) is 9.87 Å². The largest absolute Gasteiger partial charge is 0.352 e. The smallest absolute Gasteiger partial charge is 0.278 e. The van der Waals surface area contributed by atoms with Crippen LogP contribution in [0.25, 0.3) is 0 Å². The van der Waals surface area contributed by atoms with Crippen molar-refractivity contribution in [1.29, 1.82) is 0 Å². The monoisotopic (exact) mass is 385 g/mol. The average Bonchev–Trinajstić information content (AvgIpc) is 3.18. The van der Waals surface area contributed by atoms with Gasteiger partial charge in [0.2, 0.25) is 11.8 Å². The Balaban J connectivity index is 2.05. The number of nitrogens with one attached hydrogen (secondary N) is 2. The van der Waals surface area contributed by atoms with E-state index in [1.54, 1.807) is 0 Å². The molecule has 0 radical (unpaired) electrons. The Labute approximate surface area is 160 Å². The molecule has 0 aromatic carbocycles. The first kappa shape index (κ1) is 21.6. The van der Waals surface area contributed by atoms with Gasteiger partial charge in [0.05, 0.1) is 5.92 Å². The molecule has 2 unspecified atom stereocenters. The highest BCUT2D eigenvalue weighted by Gasteiger charge is 2.42. The van der Waals surface area contributed by atoms with E-state index in [9.17, 15) is 18.8 Å². The fourth-order valence-electron chi connectivity index (χ4n) is 4.12. The summed E-state index contributed by atoms with van der Waals surface area (Å²) in [7, 11) is 0. The Morgan fingerprint density at radius 2 is 1.85 bits per heavy atom. The quantitative estimate of drug-likeness (QED) is 0.440. The number of nitrogens with zero attached hydrogens (tertiary/aromatic N) is 1. The number of rotatable bonds is 8. The third-order valence-corrected chi connectivity index (χ3v) is 5.69. The van der Waals surface area contributed by atoms with Gasteiger partial charge < -0.3 is 10.2 Å². The van der Waals surface area contributed by atoms with Crippen molar-refractivity contribution in [1.82, 2.24) is 15.7 Å². The van der Waals surface area contributed by atoms with Crippen LogP contribution in [0.2, 0.25) is 0 Å². The number of likely N-dealkylation sites (tertiary alicyclic amines) is 1. The maximum absolute atomic E-state index is 14.5. The van der Waals surface area contributed by atoms with E-state index in [1.807, 2.05) is 6.92 Å². The van der Waals surface area contributed by atoms with Crippen LogP contribution in [0.3, 0.4) is 0 Å². The molecule has 1 saturated heterocycles. The normalized spacial score (nSPS) is 22.9. The van der Waals surface area contributed by atoms with Gasteiger partial charge in [-0.1, -0.05) is 39.0 Å². The molecule has 1 aliphatic carbocycles. The maximum atomic E-state index is 14.5. The number of hydrogen-bond acceptors (Lipinski definition) is 4. The summed E-state index contributed by atoms with van der Waals surface area (Å²) in [5.41, 5.74) is 1.29. The zero-order chi connectivity index (χ0) is 19.8. The molecule has 3 atom stereocenters. The predicted molar refractivity (Wildman–Crippen MR) is 97.6 cm³/mol. The molecule has 0 spiro atoms. The molecule has 1 saturated carbocycles. The molecule has 3 amide bonds. The van der Waals surface area contributed by atoms with Gasteiger partial charge in [-0.15, -0.1) is 0 Å². The zero-order valence-corrected chi connectivity index (χ0v) is 16.1. The SMILES string of the molecule is CCCCC(C(=O)N1CCC[C@H]1C(=O)NC1CCCCC1)C(F)C(=O)NO. The molecule has 0 bridgehead atoms. The van der Waals surface area contributed by atoms with Crippen LogP contribution in [0.4, 0.5) is 4.39 Å². The molecule has 154 valence electrons. The second kappa shape index (κ2) is 10.6. The average molecular weight is 385 g/mol. The molecule has 27 heavy (non-hydrogen) atoms. The number of carbonyl (C=O) groups excluding carboxylic acids is 3.